The number of aromatic nitrogens is 2. The van der Waals surface area contributed by atoms with Crippen LogP contribution in [0.3, 0.4) is 0 Å². The molecule has 0 aliphatic carbocycles. The predicted octanol–water partition coefficient (Wildman–Crippen LogP) is 2.60. The summed E-state index contributed by atoms with van der Waals surface area (Å²) in [7, 11) is 1.98. The van der Waals surface area contributed by atoms with Crippen molar-refractivity contribution in [3.63, 3.8) is 0 Å². The van der Waals surface area contributed by atoms with Gasteiger partial charge in [-0.3, -0.25) is 9.97 Å². The summed E-state index contributed by atoms with van der Waals surface area (Å²) in [5.74, 6) is 0. The van der Waals surface area contributed by atoms with Crippen LogP contribution in [0.2, 0.25) is 0 Å². The van der Waals surface area contributed by atoms with Crippen molar-refractivity contribution in [1.82, 2.24) is 15.3 Å². The summed E-state index contributed by atoms with van der Waals surface area (Å²) in [5.41, 5.74) is 4.49. The minimum absolute atomic E-state index is 0.257. The third kappa shape index (κ3) is 2.93. The second-order valence-electron chi connectivity index (χ2n) is 4.49. The molecule has 18 heavy (non-hydrogen) atoms. The molecule has 1 atom stereocenters. The summed E-state index contributed by atoms with van der Waals surface area (Å²) < 4.78 is 0. The van der Waals surface area contributed by atoms with E-state index in [1.165, 1.54) is 5.56 Å². The van der Waals surface area contributed by atoms with Gasteiger partial charge in [-0.25, -0.2) is 0 Å². The van der Waals surface area contributed by atoms with Crippen molar-refractivity contribution in [3.8, 4) is 0 Å². The molecule has 3 heteroatoms. The fraction of sp³-hybridized carbons (Fsp3) is 0.333. The van der Waals surface area contributed by atoms with Gasteiger partial charge in [0.25, 0.3) is 0 Å². The van der Waals surface area contributed by atoms with E-state index in [-0.39, 0.29) is 6.04 Å². The van der Waals surface area contributed by atoms with Crippen LogP contribution in [0.15, 0.2) is 36.5 Å². The van der Waals surface area contributed by atoms with Crippen LogP contribution in [0.4, 0.5) is 0 Å². The zero-order chi connectivity index (χ0) is 13.0. The van der Waals surface area contributed by atoms with Gasteiger partial charge in [0.05, 0.1) is 0 Å². The van der Waals surface area contributed by atoms with E-state index in [2.05, 4.69) is 40.4 Å². The van der Waals surface area contributed by atoms with Gasteiger partial charge < -0.3 is 5.32 Å². The number of aryl methyl sites for hydroxylation is 2. The minimum atomic E-state index is 0.257. The van der Waals surface area contributed by atoms with Gasteiger partial charge in [0.1, 0.15) is 0 Å². The maximum absolute atomic E-state index is 4.52. The number of rotatable bonds is 4. The molecule has 2 heterocycles. The highest BCUT2D eigenvalue weighted by molar-refractivity contribution is 5.26. The van der Waals surface area contributed by atoms with Crippen molar-refractivity contribution in [3.05, 3.63) is 59.2 Å². The summed E-state index contributed by atoms with van der Waals surface area (Å²) in [5, 5.41) is 3.35. The molecule has 0 aromatic carbocycles. The van der Waals surface area contributed by atoms with Gasteiger partial charge >= 0.3 is 0 Å². The Morgan fingerprint density at radius 2 is 2.00 bits per heavy atom. The summed E-state index contributed by atoms with van der Waals surface area (Å²) >= 11 is 0. The monoisotopic (exact) mass is 241 g/mol. The van der Waals surface area contributed by atoms with E-state index in [4.69, 9.17) is 0 Å². The molecule has 0 bridgehead atoms. The number of hydrogen-bond donors (Lipinski definition) is 1. The maximum Gasteiger partial charge on any atom is 0.0423 e. The highest BCUT2D eigenvalue weighted by Gasteiger charge is 2.13. The molecule has 0 radical (unpaired) electrons. The van der Waals surface area contributed by atoms with Gasteiger partial charge in [-0.1, -0.05) is 12.1 Å². The molecule has 0 aliphatic rings. The Kier molecular flexibility index (Phi) is 4.05. The highest BCUT2D eigenvalue weighted by atomic mass is 14.9. The first-order valence-corrected chi connectivity index (χ1v) is 6.22. The molecule has 0 fully saturated rings. The van der Waals surface area contributed by atoms with Crippen LogP contribution in [0.5, 0.6) is 0 Å². The molecule has 2 aromatic rings. The van der Waals surface area contributed by atoms with E-state index in [0.29, 0.717) is 0 Å². The molecule has 1 unspecified atom stereocenters. The molecule has 2 aromatic heterocycles. The van der Waals surface area contributed by atoms with Crippen LogP contribution in [0.1, 0.15) is 28.7 Å². The van der Waals surface area contributed by atoms with E-state index >= 15 is 0 Å². The van der Waals surface area contributed by atoms with Crippen molar-refractivity contribution >= 4 is 0 Å². The Labute approximate surface area is 108 Å². The first-order valence-electron chi connectivity index (χ1n) is 6.22. The van der Waals surface area contributed by atoms with Gasteiger partial charge in [-0.2, -0.15) is 0 Å². The van der Waals surface area contributed by atoms with Crippen molar-refractivity contribution in [2.75, 3.05) is 7.05 Å². The van der Waals surface area contributed by atoms with Crippen molar-refractivity contribution in [1.29, 1.82) is 0 Å². The first-order chi connectivity index (χ1) is 8.70. The fourth-order valence-electron chi connectivity index (χ4n) is 2.16. The standard InChI is InChI=1S/C15H19N3/c1-11-7-8-14(12(2)18-11)15(16-3)10-13-6-4-5-9-17-13/h4-9,15-16H,10H2,1-3H3. The minimum Gasteiger partial charge on any atom is -0.313 e. The van der Waals surface area contributed by atoms with E-state index in [1.807, 2.05) is 32.3 Å². The van der Waals surface area contributed by atoms with E-state index in [0.717, 1.165) is 23.5 Å². The zero-order valence-electron chi connectivity index (χ0n) is 11.1. The van der Waals surface area contributed by atoms with Crippen LogP contribution in [-0.4, -0.2) is 17.0 Å². The summed E-state index contributed by atoms with van der Waals surface area (Å²) in [6.07, 6.45) is 2.71. The number of nitrogens with one attached hydrogen (secondary N) is 1. The largest absolute Gasteiger partial charge is 0.313 e. The van der Waals surface area contributed by atoms with Gasteiger partial charge in [0.15, 0.2) is 0 Å². The molecule has 0 spiro atoms. The van der Waals surface area contributed by atoms with Crippen molar-refractivity contribution in [2.24, 2.45) is 0 Å². The van der Waals surface area contributed by atoms with Crippen LogP contribution in [-0.2, 0) is 6.42 Å². The molecule has 0 amide bonds. The van der Waals surface area contributed by atoms with Gasteiger partial charge in [0, 0.05) is 35.7 Å². The molecule has 94 valence electrons. The number of nitrogens with zero attached hydrogens (tertiary/aromatic N) is 2. The smallest absolute Gasteiger partial charge is 0.0423 e. The molecule has 1 N–H and O–H groups in total. The average Bonchev–Trinajstić information content (AvgIpc) is 2.38. The SMILES string of the molecule is CNC(Cc1ccccn1)c1ccc(C)nc1C. The lowest BCUT2D eigenvalue weighted by atomic mass is 10.00. The topological polar surface area (TPSA) is 37.8 Å². The molecular weight excluding hydrogens is 222 g/mol. The molecule has 3 nitrogen and oxygen atoms in total. The zero-order valence-corrected chi connectivity index (χ0v) is 11.1. The predicted molar refractivity (Wildman–Crippen MR) is 73.5 cm³/mol. The molecule has 0 saturated heterocycles. The average molecular weight is 241 g/mol. The third-order valence-corrected chi connectivity index (χ3v) is 3.13. The molecule has 0 aliphatic heterocycles. The van der Waals surface area contributed by atoms with Crippen LogP contribution in [0.25, 0.3) is 0 Å². The van der Waals surface area contributed by atoms with Crippen LogP contribution in [0, 0.1) is 13.8 Å². The Morgan fingerprint density at radius 1 is 1.17 bits per heavy atom. The number of likely N-dealkylation sites (N-methyl/N-ethyl adjacent to an activating group) is 1. The lowest BCUT2D eigenvalue weighted by Gasteiger charge is -2.18. The summed E-state index contributed by atoms with van der Waals surface area (Å²) in [4.78, 5) is 8.90. The molecule has 2 rings (SSSR count). The maximum atomic E-state index is 4.52. The van der Waals surface area contributed by atoms with Crippen LogP contribution < -0.4 is 5.32 Å². The number of hydrogen-bond acceptors (Lipinski definition) is 3. The quantitative estimate of drug-likeness (QED) is 0.894. The summed E-state index contributed by atoms with van der Waals surface area (Å²) in [6, 6.07) is 10.5. The third-order valence-electron chi connectivity index (χ3n) is 3.13. The Balaban J connectivity index is 2.23. The van der Waals surface area contributed by atoms with E-state index in [1.54, 1.807) is 0 Å². The Bertz CT molecular complexity index is 508. The second kappa shape index (κ2) is 5.74. The number of pyridine rings is 2. The lowest BCUT2D eigenvalue weighted by Crippen LogP contribution is -2.20. The van der Waals surface area contributed by atoms with E-state index < -0.39 is 0 Å². The van der Waals surface area contributed by atoms with Crippen molar-refractivity contribution in [2.45, 2.75) is 26.3 Å². The van der Waals surface area contributed by atoms with Gasteiger partial charge in [0.2, 0.25) is 0 Å². The summed E-state index contributed by atoms with van der Waals surface area (Å²) in [6.45, 7) is 4.08. The molecule has 0 saturated carbocycles. The highest BCUT2D eigenvalue weighted by Crippen LogP contribution is 2.19. The second-order valence-corrected chi connectivity index (χ2v) is 4.49. The van der Waals surface area contributed by atoms with E-state index in [9.17, 15) is 0 Å². The fourth-order valence-corrected chi connectivity index (χ4v) is 2.16. The first kappa shape index (κ1) is 12.7. The van der Waals surface area contributed by atoms with Crippen molar-refractivity contribution < 1.29 is 0 Å². The Hall–Kier alpha value is -1.74. The van der Waals surface area contributed by atoms with Gasteiger partial charge in [-0.05, 0) is 44.7 Å². The lowest BCUT2D eigenvalue weighted by molar-refractivity contribution is 0.578. The normalized spacial score (nSPS) is 12.4. The Morgan fingerprint density at radius 3 is 2.61 bits per heavy atom. The van der Waals surface area contributed by atoms with Crippen LogP contribution >= 0.6 is 0 Å². The van der Waals surface area contributed by atoms with Gasteiger partial charge in [-0.15, -0.1) is 0 Å². The molecular formula is C15H19N3.